The number of carbonyl (C=O) groups excluding carboxylic acids is 2. The van der Waals surface area contributed by atoms with E-state index in [1.54, 1.807) is 6.92 Å². The van der Waals surface area contributed by atoms with Crippen LogP contribution in [-0.2, 0) is 9.59 Å². The van der Waals surface area contributed by atoms with Gasteiger partial charge in [-0.1, -0.05) is 45.4 Å². The fourth-order valence-electron chi connectivity index (χ4n) is 3.58. The van der Waals surface area contributed by atoms with E-state index >= 15 is 0 Å². The highest BCUT2D eigenvalue weighted by molar-refractivity contribution is 5.78. The molecule has 1 aliphatic rings. The third-order valence-corrected chi connectivity index (χ3v) is 4.75. The zero-order valence-corrected chi connectivity index (χ0v) is 13.5. The van der Waals surface area contributed by atoms with Crippen LogP contribution in [0.25, 0.3) is 0 Å². The lowest BCUT2D eigenvalue weighted by Gasteiger charge is -2.31. The van der Waals surface area contributed by atoms with Crippen molar-refractivity contribution in [3.8, 4) is 0 Å². The minimum absolute atomic E-state index is 0.238. The summed E-state index contributed by atoms with van der Waals surface area (Å²) in [5.41, 5.74) is 0. The highest BCUT2D eigenvalue weighted by Crippen LogP contribution is 2.36. The Morgan fingerprint density at radius 3 is 2.10 bits per heavy atom. The first kappa shape index (κ1) is 17.4. The highest BCUT2D eigenvalue weighted by atomic mass is 16.1. The van der Waals surface area contributed by atoms with Crippen LogP contribution in [0, 0.1) is 11.8 Å². The molecule has 0 heterocycles. The average molecular weight is 280 g/mol. The zero-order valence-electron chi connectivity index (χ0n) is 13.5. The second-order valence-electron chi connectivity index (χ2n) is 6.58. The van der Waals surface area contributed by atoms with Crippen molar-refractivity contribution in [2.45, 2.75) is 90.9 Å². The Kier molecular flexibility index (Phi) is 8.80. The van der Waals surface area contributed by atoms with Gasteiger partial charge in [-0.25, -0.2) is 0 Å². The predicted octanol–water partition coefficient (Wildman–Crippen LogP) is 5.09. The van der Waals surface area contributed by atoms with E-state index in [0.29, 0.717) is 18.6 Å². The van der Waals surface area contributed by atoms with Gasteiger partial charge in [-0.15, -0.1) is 0 Å². The van der Waals surface area contributed by atoms with Gasteiger partial charge in [0.1, 0.15) is 11.6 Å². The molecule has 0 N–H and O–H groups in total. The molecule has 0 amide bonds. The molecule has 2 atom stereocenters. The monoisotopic (exact) mass is 280 g/mol. The van der Waals surface area contributed by atoms with E-state index in [0.717, 1.165) is 37.5 Å². The van der Waals surface area contributed by atoms with Gasteiger partial charge >= 0.3 is 0 Å². The lowest BCUT2D eigenvalue weighted by Crippen LogP contribution is -2.20. The van der Waals surface area contributed by atoms with Gasteiger partial charge in [0.25, 0.3) is 0 Å². The second-order valence-corrected chi connectivity index (χ2v) is 6.58. The van der Waals surface area contributed by atoms with Crippen molar-refractivity contribution in [1.29, 1.82) is 0 Å². The average Bonchev–Trinajstić information content (AvgIpc) is 2.43. The van der Waals surface area contributed by atoms with Crippen LogP contribution >= 0.6 is 0 Å². The van der Waals surface area contributed by atoms with Crippen molar-refractivity contribution in [1.82, 2.24) is 0 Å². The topological polar surface area (TPSA) is 34.1 Å². The molecule has 0 aliphatic heterocycles. The Bertz CT molecular complexity index is 294. The van der Waals surface area contributed by atoms with Gasteiger partial charge in [-0.3, -0.25) is 4.79 Å². The summed E-state index contributed by atoms with van der Waals surface area (Å²) in [6.07, 6.45) is 13.0. The minimum Gasteiger partial charge on any atom is -0.300 e. The van der Waals surface area contributed by atoms with Crippen LogP contribution < -0.4 is 0 Å². The van der Waals surface area contributed by atoms with Crippen LogP contribution in [-0.4, -0.2) is 11.6 Å². The maximum absolute atomic E-state index is 11.9. The van der Waals surface area contributed by atoms with Gasteiger partial charge in [0, 0.05) is 19.3 Å². The molecule has 0 aromatic carbocycles. The van der Waals surface area contributed by atoms with Gasteiger partial charge in [-0.2, -0.15) is 0 Å². The Balaban J connectivity index is 2.16. The lowest BCUT2D eigenvalue weighted by molar-refractivity contribution is -0.120. The first-order valence-electron chi connectivity index (χ1n) is 8.64. The van der Waals surface area contributed by atoms with Gasteiger partial charge in [0.15, 0.2) is 0 Å². The standard InChI is InChI=1S/C18H32O2/c1-3-8-16-10-5-6-11-17(16)13-14-18(20)12-7-4-9-15(2)19/h16-17H,3-14H2,1-2H3. The largest absolute Gasteiger partial charge is 0.300 e. The Morgan fingerprint density at radius 2 is 1.50 bits per heavy atom. The van der Waals surface area contributed by atoms with Crippen molar-refractivity contribution in [2.24, 2.45) is 11.8 Å². The molecule has 1 saturated carbocycles. The summed E-state index contributed by atoms with van der Waals surface area (Å²) in [6, 6.07) is 0. The Labute approximate surface area is 124 Å². The Hall–Kier alpha value is -0.660. The van der Waals surface area contributed by atoms with E-state index in [-0.39, 0.29) is 5.78 Å². The minimum atomic E-state index is 0.238. The number of carbonyl (C=O) groups is 2. The maximum Gasteiger partial charge on any atom is 0.132 e. The molecule has 0 saturated heterocycles. The van der Waals surface area contributed by atoms with Gasteiger partial charge in [0.05, 0.1) is 0 Å². The number of Topliss-reactive ketones (excluding diaryl/α,β-unsaturated/α-hetero) is 2. The van der Waals surface area contributed by atoms with Gasteiger partial charge in [-0.05, 0) is 38.0 Å². The fraction of sp³-hybridized carbons (Fsp3) is 0.889. The number of ketones is 2. The molecule has 2 nitrogen and oxygen atoms in total. The first-order chi connectivity index (χ1) is 9.63. The van der Waals surface area contributed by atoms with Crippen LogP contribution in [0.2, 0.25) is 0 Å². The molecule has 2 heteroatoms. The van der Waals surface area contributed by atoms with Crippen molar-refractivity contribution >= 4 is 11.6 Å². The van der Waals surface area contributed by atoms with E-state index in [1.165, 1.54) is 38.5 Å². The van der Waals surface area contributed by atoms with Gasteiger partial charge in [0.2, 0.25) is 0 Å². The van der Waals surface area contributed by atoms with E-state index in [2.05, 4.69) is 6.92 Å². The van der Waals surface area contributed by atoms with E-state index in [4.69, 9.17) is 0 Å². The smallest absolute Gasteiger partial charge is 0.132 e. The molecule has 0 radical (unpaired) electrons. The normalized spacial score (nSPS) is 22.7. The molecule has 0 bridgehead atoms. The molecule has 116 valence electrons. The summed E-state index contributed by atoms with van der Waals surface area (Å²) in [5, 5.41) is 0. The molecular formula is C18H32O2. The summed E-state index contributed by atoms with van der Waals surface area (Å²) >= 11 is 0. The van der Waals surface area contributed by atoms with Crippen LogP contribution in [0.4, 0.5) is 0 Å². The lowest BCUT2D eigenvalue weighted by atomic mass is 9.74. The second kappa shape index (κ2) is 10.1. The van der Waals surface area contributed by atoms with E-state index < -0.39 is 0 Å². The predicted molar refractivity (Wildman–Crippen MR) is 83.7 cm³/mol. The molecule has 1 fully saturated rings. The molecule has 0 spiro atoms. The molecule has 0 aromatic heterocycles. The number of rotatable bonds is 10. The van der Waals surface area contributed by atoms with Crippen LogP contribution in [0.5, 0.6) is 0 Å². The summed E-state index contributed by atoms with van der Waals surface area (Å²) in [7, 11) is 0. The summed E-state index contributed by atoms with van der Waals surface area (Å²) in [6.45, 7) is 3.89. The van der Waals surface area contributed by atoms with Gasteiger partial charge < -0.3 is 4.79 Å². The number of unbranched alkanes of at least 4 members (excludes halogenated alkanes) is 1. The third kappa shape index (κ3) is 7.21. The SMILES string of the molecule is CCCC1CCCCC1CCC(=O)CCCCC(C)=O. The third-order valence-electron chi connectivity index (χ3n) is 4.75. The summed E-state index contributed by atoms with van der Waals surface area (Å²) < 4.78 is 0. The molecular weight excluding hydrogens is 248 g/mol. The summed E-state index contributed by atoms with van der Waals surface area (Å²) in [5.74, 6) is 2.32. The number of hydrogen-bond acceptors (Lipinski definition) is 2. The fourth-order valence-corrected chi connectivity index (χ4v) is 3.58. The molecule has 0 aromatic rings. The maximum atomic E-state index is 11.9. The zero-order chi connectivity index (χ0) is 14.8. The highest BCUT2D eigenvalue weighted by Gasteiger charge is 2.24. The summed E-state index contributed by atoms with van der Waals surface area (Å²) in [4.78, 5) is 22.7. The van der Waals surface area contributed by atoms with Crippen LogP contribution in [0.15, 0.2) is 0 Å². The van der Waals surface area contributed by atoms with Crippen LogP contribution in [0.3, 0.4) is 0 Å². The van der Waals surface area contributed by atoms with Crippen molar-refractivity contribution in [3.63, 3.8) is 0 Å². The van der Waals surface area contributed by atoms with Crippen molar-refractivity contribution in [3.05, 3.63) is 0 Å². The van der Waals surface area contributed by atoms with Crippen molar-refractivity contribution < 1.29 is 9.59 Å². The van der Waals surface area contributed by atoms with Crippen molar-refractivity contribution in [2.75, 3.05) is 0 Å². The van der Waals surface area contributed by atoms with E-state index in [1.807, 2.05) is 0 Å². The molecule has 1 aliphatic carbocycles. The quantitative estimate of drug-likeness (QED) is 0.522. The molecule has 1 rings (SSSR count). The first-order valence-corrected chi connectivity index (χ1v) is 8.64. The Morgan fingerprint density at radius 1 is 0.900 bits per heavy atom. The van der Waals surface area contributed by atoms with E-state index in [9.17, 15) is 9.59 Å². The van der Waals surface area contributed by atoms with Crippen LogP contribution in [0.1, 0.15) is 90.9 Å². The molecule has 20 heavy (non-hydrogen) atoms. The number of hydrogen-bond donors (Lipinski definition) is 0. The molecule has 2 unspecified atom stereocenters.